The molecular formula is C22H14O7. The molecule has 4 rings (SSSR count). The van der Waals surface area contributed by atoms with E-state index in [1.54, 1.807) is 30.3 Å². The maximum Gasteiger partial charge on any atom is 0.343 e. The van der Waals surface area contributed by atoms with E-state index in [9.17, 15) is 24.9 Å². The molecule has 7 heteroatoms. The maximum atomic E-state index is 12.8. The molecule has 0 fully saturated rings. The fourth-order valence-electron chi connectivity index (χ4n) is 2.89. The van der Waals surface area contributed by atoms with Crippen molar-refractivity contribution in [2.75, 3.05) is 0 Å². The zero-order chi connectivity index (χ0) is 20.5. The summed E-state index contributed by atoms with van der Waals surface area (Å²) in [6.45, 7) is 0. The summed E-state index contributed by atoms with van der Waals surface area (Å²) in [5, 5.41) is 30.0. The number of carbonyl (C=O) groups excluding carboxylic acids is 1. The number of phenols is 3. The average Bonchev–Trinajstić information content (AvgIpc) is 2.71. The number of hydrogen-bond acceptors (Lipinski definition) is 7. The standard InChI is InChI=1S/C22H14O7/c23-13-6-7-14-19(8-13)28-11-16(21(14)26)15-9-20(18(25)10-17(15)24)29-22(27)12-4-2-1-3-5-12/h1-11,23-25H. The van der Waals surface area contributed by atoms with Gasteiger partial charge in [0.25, 0.3) is 0 Å². The van der Waals surface area contributed by atoms with Crippen LogP contribution in [0.1, 0.15) is 10.4 Å². The van der Waals surface area contributed by atoms with Crippen LogP contribution in [0.25, 0.3) is 22.1 Å². The first-order valence-electron chi connectivity index (χ1n) is 8.52. The van der Waals surface area contributed by atoms with Gasteiger partial charge < -0.3 is 24.5 Å². The lowest BCUT2D eigenvalue weighted by molar-refractivity contribution is 0.0729. The van der Waals surface area contributed by atoms with Gasteiger partial charge in [-0.25, -0.2) is 4.79 Å². The van der Waals surface area contributed by atoms with Gasteiger partial charge >= 0.3 is 5.97 Å². The van der Waals surface area contributed by atoms with Crippen molar-refractivity contribution in [2.45, 2.75) is 0 Å². The fourth-order valence-corrected chi connectivity index (χ4v) is 2.89. The van der Waals surface area contributed by atoms with Gasteiger partial charge in [-0.05, 0) is 30.3 Å². The summed E-state index contributed by atoms with van der Waals surface area (Å²) in [5.41, 5.74) is -0.00744. The Morgan fingerprint density at radius 2 is 1.62 bits per heavy atom. The molecule has 0 aliphatic heterocycles. The molecule has 1 heterocycles. The van der Waals surface area contributed by atoms with Gasteiger partial charge in [0.05, 0.1) is 16.5 Å². The van der Waals surface area contributed by atoms with Crippen LogP contribution in [0.2, 0.25) is 0 Å². The summed E-state index contributed by atoms with van der Waals surface area (Å²) in [6, 6.07) is 14.4. The van der Waals surface area contributed by atoms with Crippen LogP contribution in [-0.2, 0) is 0 Å². The topological polar surface area (TPSA) is 117 Å². The minimum Gasteiger partial charge on any atom is -0.508 e. The molecule has 144 valence electrons. The van der Waals surface area contributed by atoms with E-state index >= 15 is 0 Å². The van der Waals surface area contributed by atoms with Gasteiger partial charge in [-0.15, -0.1) is 0 Å². The number of hydrogen-bond donors (Lipinski definition) is 3. The van der Waals surface area contributed by atoms with Crippen molar-refractivity contribution in [3.63, 3.8) is 0 Å². The second-order valence-electron chi connectivity index (χ2n) is 6.25. The first-order chi connectivity index (χ1) is 13.9. The normalized spacial score (nSPS) is 10.8. The van der Waals surface area contributed by atoms with Gasteiger partial charge in [0.15, 0.2) is 11.5 Å². The summed E-state index contributed by atoms with van der Waals surface area (Å²) in [4.78, 5) is 25.1. The molecule has 1 aromatic heterocycles. The molecule has 7 nitrogen and oxygen atoms in total. The van der Waals surface area contributed by atoms with Crippen LogP contribution >= 0.6 is 0 Å². The van der Waals surface area contributed by atoms with Crippen molar-refractivity contribution >= 4 is 16.9 Å². The van der Waals surface area contributed by atoms with E-state index < -0.39 is 22.9 Å². The zero-order valence-corrected chi connectivity index (χ0v) is 14.8. The minimum atomic E-state index is -0.710. The van der Waals surface area contributed by atoms with Gasteiger partial charge in [-0.3, -0.25) is 4.79 Å². The largest absolute Gasteiger partial charge is 0.508 e. The molecule has 0 unspecified atom stereocenters. The molecule has 0 aliphatic carbocycles. The van der Waals surface area contributed by atoms with Gasteiger partial charge in [0.2, 0.25) is 5.43 Å². The Labute approximate surface area is 163 Å². The van der Waals surface area contributed by atoms with E-state index in [0.29, 0.717) is 0 Å². The second kappa shape index (κ2) is 7.05. The SMILES string of the molecule is O=C(Oc1cc(-c2coc3cc(O)ccc3c2=O)c(O)cc1O)c1ccccc1. The van der Waals surface area contributed by atoms with E-state index in [4.69, 9.17) is 9.15 Å². The minimum absolute atomic E-state index is 0.00213. The molecule has 0 radical (unpaired) electrons. The van der Waals surface area contributed by atoms with Crippen LogP contribution in [0.3, 0.4) is 0 Å². The first-order valence-corrected chi connectivity index (χ1v) is 8.52. The Bertz CT molecular complexity index is 1290. The number of ether oxygens (including phenoxy) is 1. The number of phenolic OH excluding ortho intramolecular Hbond substituents is 3. The molecule has 29 heavy (non-hydrogen) atoms. The van der Waals surface area contributed by atoms with Gasteiger partial charge in [-0.2, -0.15) is 0 Å². The highest BCUT2D eigenvalue weighted by atomic mass is 16.5. The zero-order valence-electron chi connectivity index (χ0n) is 14.8. The Balaban J connectivity index is 1.79. The molecule has 0 bridgehead atoms. The van der Waals surface area contributed by atoms with Crippen molar-refractivity contribution in [2.24, 2.45) is 0 Å². The number of esters is 1. The molecule has 0 amide bonds. The quantitative estimate of drug-likeness (QED) is 0.360. The molecule has 3 aromatic carbocycles. The van der Waals surface area contributed by atoms with Crippen LogP contribution < -0.4 is 10.2 Å². The Hall–Kier alpha value is -4.26. The molecule has 0 saturated carbocycles. The number of benzene rings is 3. The molecule has 3 N–H and O–H groups in total. The van der Waals surface area contributed by atoms with Gasteiger partial charge in [0.1, 0.15) is 23.3 Å². The van der Waals surface area contributed by atoms with Crippen molar-refractivity contribution < 1.29 is 29.3 Å². The van der Waals surface area contributed by atoms with Crippen LogP contribution in [0, 0.1) is 0 Å². The van der Waals surface area contributed by atoms with E-state index in [-0.39, 0.29) is 39.2 Å². The number of aromatic hydroxyl groups is 3. The molecule has 4 aromatic rings. The average molecular weight is 390 g/mol. The highest BCUT2D eigenvalue weighted by Crippen LogP contribution is 2.38. The van der Waals surface area contributed by atoms with E-state index in [2.05, 4.69) is 0 Å². The lowest BCUT2D eigenvalue weighted by Crippen LogP contribution is -2.09. The Morgan fingerprint density at radius 3 is 2.38 bits per heavy atom. The fraction of sp³-hybridized carbons (Fsp3) is 0. The van der Waals surface area contributed by atoms with E-state index in [1.807, 2.05) is 0 Å². The first kappa shape index (κ1) is 18.1. The third-order valence-corrected chi connectivity index (χ3v) is 4.34. The lowest BCUT2D eigenvalue weighted by atomic mass is 10.0. The highest BCUT2D eigenvalue weighted by molar-refractivity contribution is 5.92. The molecule has 0 aliphatic rings. The summed E-state index contributed by atoms with van der Waals surface area (Å²) in [7, 11) is 0. The van der Waals surface area contributed by atoms with Gasteiger partial charge in [0, 0.05) is 17.7 Å². The van der Waals surface area contributed by atoms with E-state index in [1.165, 1.54) is 24.3 Å². The van der Waals surface area contributed by atoms with Crippen molar-refractivity contribution in [3.05, 3.63) is 82.7 Å². The van der Waals surface area contributed by atoms with Gasteiger partial charge in [-0.1, -0.05) is 18.2 Å². The number of rotatable bonds is 3. The van der Waals surface area contributed by atoms with Crippen molar-refractivity contribution in [1.82, 2.24) is 0 Å². The predicted octanol–water partition coefficient (Wildman–Crippen LogP) is 3.80. The van der Waals surface area contributed by atoms with Crippen LogP contribution in [0.4, 0.5) is 0 Å². The lowest BCUT2D eigenvalue weighted by Gasteiger charge is -2.11. The molecule has 0 atom stereocenters. The van der Waals surface area contributed by atoms with Crippen molar-refractivity contribution in [1.29, 1.82) is 0 Å². The third-order valence-electron chi connectivity index (χ3n) is 4.34. The second-order valence-corrected chi connectivity index (χ2v) is 6.25. The molecule has 0 saturated heterocycles. The summed E-state index contributed by atoms with van der Waals surface area (Å²) < 4.78 is 10.6. The molecular weight excluding hydrogens is 376 g/mol. The smallest absolute Gasteiger partial charge is 0.343 e. The number of carbonyl (C=O) groups is 1. The van der Waals surface area contributed by atoms with Crippen molar-refractivity contribution in [3.8, 4) is 34.1 Å². The predicted molar refractivity (Wildman–Crippen MR) is 104 cm³/mol. The summed E-state index contributed by atoms with van der Waals surface area (Å²) in [6.07, 6.45) is 1.12. The van der Waals surface area contributed by atoms with Crippen LogP contribution in [-0.4, -0.2) is 21.3 Å². The highest BCUT2D eigenvalue weighted by Gasteiger charge is 2.19. The Kier molecular flexibility index (Phi) is 4.40. The Morgan fingerprint density at radius 1 is 0.862 bits per heavy atom. The third kappa shape index (κ3) is 3.37. The van der Waals surface area contributed by atoms with E-state index in [0.717, 1.165) is 12.3 Å². The maximum absolute atomic E-state index is 12.8. The van der Waals surface area contributed by atoms with Crippen LogP contribution in [0.15, 0.2) is 76.1 Å². The summed E-state index contributed by atoms with van der Waals surface area (Å²) >= 11 is 0. The summed E-state index contributed by atoms with van der Waals surface area (Å²) in [5.74, 6) is -1.86. The van der Waals surface area contributed by atoms with Crippen LogP contribution in [0.5, 0.6) is 23.0 Å². The molecule has 0 spiro atoms. The number of fused-ring (bicyclic) bond motifs is 1. The monoisotopic (exact) mass is 390 g/mol.